The van der Waals surface area contributed by atoms with E-state index in [0.717, 1.165) is 17.6 Å². The Morgan fingerprint density at radius 3 is 1.67 bits per heavy atom. The summed E-state index contributed by atoms with van der Waals surface area (Å²) in [5.74, 6) is 0. The topological polar surface area (TPSA) is 0 Å². The van der Waals surface area contributed by atoms with Crippen molar-refractivity contribution in [1.29, 1.82) is 0 Å². The van der Waals surface area contributed by atoms with Gasteiger partial charge in [0.25, 0.3) is 0 Å². The third-order valence-corrected chi connectivity index (χ3v) is 1.38. The predicted octanol–water partition coefficient (Wildman–Crippen LogP) is 5.02. The van der Waals surface area contributed by atoms with E-state index in [9.17, 15) is 0 Å². The summed E-state index contributed by atoms with van der Waals surface area (Å²) in [6.07, 6.45) is 4.17. The van der Waals surface area contributed by atoms with Gasteiger partial charge in [0, 0.05) is 0 Å². The van der Waals surface area contributed by atoms with Crippen molar-refractivity contribution in [2.45, 2.75) is 54.4 Å². The number of rotatable bonds is 3. The Balaban J connectivity index is -0.000000245. The van der Waals surface area contributed by atoms with Gasteiger partial charge in [-0.3, -0.25) is 0 Å². The van der Waals surface area contributed by atoms with E-state index >= 15 is 0 Å². The smallest absolute Gasteiger partial charge is 0.106 e. The quantitative estimate of drug-likeness (QED) is 0.449. The minimum absolute atomic E-state index is 0.620. The molecule has 0 amide bonds. The van der Waals surface area contributed by atoms with Gasteiger partial charge in [0.15, 0.2) is 0 Å². The van der Waals surface area contributed by atoms with E-state index in [1.807, 2.05) is 26.8 Å². The third-order valence-electron chi connectivity index (χ3n) is 1.38. The average Bonchev–Trinajstić information content (AvgIpc) is 2.21. The second-order valence-corrected chi connectivity index (χ2v) is 3.07. The summed E-state index contributed by atoms with van der Waals surface area (Å²) in [6, 6.07) is 0. The molecule has 0 atom stereocenters. The molecule has 0 spiro atoms. The number of hydrogen-bond donors (Lipinski definition) is 0. The van der Waals surface area contributed by atoms with E-state index in [1.54, 1.807) is 0 Å². The van der Waals surface area contributed by atoms with Crippen molar-refractivity contribution in [3.05, 3.63) is 35.9 Å². The Morgan fingerprint density at radius 1 is 1.13 bits per heavy atom. The lowest BCUT2D eigenvalue weighted by atomic mass is 9.90. The monoisotopic (exact) mass is 206 g/mol. The van der Waals surface area contributed by atoms with Crippen LogP contribution < -0.4 is 0 Å². The molecule has 0 aromatic rings. The summed E-state index contributed by atoms with van der Waals surface area (Å²) in [6.45, 7) is 19.7. The first kappa shape index (κ1) is 19.8. The molecular weight excluding hydrogens is 179 g/mol. The van der Waals surface area contributed by atoms with Gasteiger partial charge in [-0.1, -0.05) is 64.8 Å². The van der Waals surface area contributed by atoms with E-state index in [2.05, 4.69) is 33.9 Å². The lowest BCUT2D eigenvalue weighted by Gasteiger charge is -1.99. The van der Waals surface area contributed by atoms with Crippen molar-refractivity contribution in [3.8, 4) is 0 Å². The van der Waals surface area contributed by atoms with Crippen molar-refractivity contribution < 1.29 is 0 Å². The van der Waals surface area contributed by atoms with Gasteiger partial charge in [0.05, 0.1) is 0 Å². The largest absolute Gasteiger partial charge is 0.113 e. The summed E-state index contributed by atoms with van der Waals surface area (Å²) in [7, 11) is 5.44. The molecule has 0 saturated carbocycles. The van der Waals surface area contributed by atoms with Crippen molar-refractivity contribution in [1.82, 2.24) is 0 Å². The minimum atomic E-state index is 0.620. The maximum absolute atomic E-state index is 5.44. The van der Waals surface area contributed by atoms with Gasteiger partial charge in [0.1, 0.15) is 7.85 Å². The van der Waals surface area contributed by atoms with Crippen molar-refractivity contribution >= 4 is 7.85 Å². The minimum Gasteiger partial charge on any atom is -0.106 e. The first-order valence-corrected chi connectivity index (χ1v) is 5.80. The third kappa shape index (κ3) is 19.6. The van der Waals surface area contributed by atoms with E-state index < -0.39 is 0 Å². The molecule has 0 bridgehead atoms. The van der Waals surface area contributed by atoms with Crippen LogP contribution in [0.25, 0.3) is 0 Å². The van der Waals surface area contributed by atoms with Crippen molar-refractivity contribution in [3.63, 3.8) is 0 Å². The molecule has 15 heavy (non-hydrogen) atoms. The molecule has 0 aliphatic heterocycles. The fourth-order valence-electron chi connectivity index (χ4n) is 0.501. The van der Waals surface area contributed by atoms with E-state index in [-0.39, 0.29) is 0 Å². The van der Waals surface area contributed by atoms with Crippen LogP contribution in [0, 0.1) is 0 Å². The number of hydrogen-bond acceptors (Lipinski definition) is 0. The molecule has 0 fully saturated rings. The molecule has 0 saturated heterocycles. The molecule has 0 aliphatic carbocycles. The molecule has 0 rings (SSSR count). The van der Waals surface area contributed by atoms with Gasteiger partial charge in [0.2, 0.25) is 0 Å². The molecular formula is C14H27B. The standard InChI is InChI=1S/C9H13B.C3H8.C2H6/c1-5-7(2)6-8(3)9(4)10;1-3-2;1-2/h6H,2,4-5H2,1,3H3;3H2,1-2H3;1-2H3/b8-6-;;. The Bertz CT molecular complexity index is 188. The van der Waals surface area contributed by atoms with Gasteiger partial charge >= 0.3 is 0 Å². The summed E-state index contributed by atoms with van der Waals surface area (Å²) < 4.78 is 0. The normalized spacial score (nSPS) is 9.07. The summed E-state index contributed by atoms with van der Waals surface area (Å²) in [5.41, 5.74) is 2.71. The molecule has 86 valence electrons. The van der Waals surface area contributed by atoms with Crippen LogP contribution in [0.15, 0.2) is 35.9 Å². The highest BCUT2D eigenvalue weighted by Crippen LogP contribution is 2.07. The van der Waals surface area contributed by atoms with Gasteiger partial charge < -0.3 is 0 Å². The Labute approximate surface area is 98.6 Å². The Morgan fingerprint density at radius 2 is 1.47 bits per heavy atom. The van der Waals surface area contributed by atoms with E-state index in [1.165, 1.54) is 6.42 Å². The van der Waals surface area contributed by atoms with Crippen molar-refractivity contribution in [2.75, 3.05) is 0 Å². The fraction of sp³-hybridized carbons (Fsp3) is 0.571. The van der Waals surface area contributed by atoms with Gasteiger partial charge in [-0.2, -0.15) is 0 Å². The van der Waals surface area contributed by atoms with Crippen LogP contribution in [0.2, 0.25) is 0 Å². The lowest BCUT2D eigenvalue weighted by molar-refractivity contribution is 1.09. The fourth-order valence-corrected chi connectivity index (χ4v) is 0.501. The molecule has 0 nitrogen and oxygen atoms in total. The summed E-state index contributed by atoms with van der Waals surface area (Å²) in [5, 5.41) is 0. The first-order valence-electron chi connectivity index (χ1n) is 5.80. The molecule has 0 N–H and O–H groups in total. The second-order valence-electron chi connectivity index (χ2n) is 3.07. The van der Waals surface area contributed by atoms with Crippen LogP contribution in [0.4, 0.5) is 0 Å². The zero-order valence-electron chi connectivity index (χ0n) is 11.5. The maximum atomic E-state index is 5.44. The Kier molecular flexibility index (Phi) is 20.8. The second kappa shape index (κ2) is 15.7. The van der Waals surface area contributed by atoms with Gasteiger partial charge in [-0.05, 0) is 13.3 Å². The summed E-state index contributed by atoms with van der Waals surface area (Å²) in [4.78, 5) is 0. The molecule has 0 aromatic carbocycles. The zero-order valence-corrected chi connectivity index (χ0v) is 11.5. The number of allylic oxidation sites excluding steroid dienone is 4. The van der Waals surface area contributed by atoms with Crippen LogP contribution >= 0.6 is 0 Å². The van der Waals surface area contributed by atoms with Crippen LogP contribution in [-0.4, -0.2) is 7.85 Å². The molecule has 0 aromatic heterocycles. The highest BCUT2D eigenvalue weighted by molar-refractivity contribution is 6.23. The predicted molar refractivity (Wildman–Crippen MR) is 75.4 cm³/mol. The highest BCUT2D eigenvalue weighted by Gasteiger charge is 1.88. The van der Waals surface area contributed by atoms with Crippen LogP contribution in [0.1, 0.15) is 54.4 Å². The maximum Gasteiger partial charge on any atom is 0.113 e. The Hall–Kier alpha value is -0.715. The van der Waals surface area contributed by atoms with Crippen molar-refractivity contribution in [2.24, 2.45) is 0 Å². The average molecular weight is 206 g/mol. The SMILES string of the molecule is CC.CCC.[B]C(=C)/C(C)=C\C(=C)CC. The molecule has 1 heteroatoms. The van der Waals surface area contributed by atoms with E-state index in [4.69, 9.17) is 7.85 Å². The van der Waals surface area contributed by atoms with Crippen LogP contribution in [-0.2, 0) is 0 Å². The molecule has 0 heterocycles. The van der Waals surface area contributed by atoms with Crippen LogP contribution in [0.5, 0.6) is 0 Å². The van der Waals surface area contributed by atoms with Gasteiger partial charge in [-0.15, -0.1) is 12.1 Å². The molecule has 0 aliphatic rings. The molecule has 2 radical (unpaired) electrons. The van der Waals surface area contributed by atoms with Gasteiger partial charge in [-0.25, -0.2) is 0 Å². The highest BCUT2D eigenvalue weighted by atomic mass is 13.9. The van der Waals surface area contributed by atoms with E-state index in [0.29, 0.717) is 5.47 Å². The zero-order chi connectivity index (χ0) is 12.9. The first-order chi connectivity index (χ1) is 6.99. The summed E-state index contributed by atoms with van der Waals surface area (Å²) >= 11 is 0. The lowest BCUT2D eigenvalue weighted by Crippen LogP contribution is -1.82. The molecule has 0 unspecified atom stereocenters. The van der Waals surface area contributed by atoms with Crippen LogP contribution in [0.3, 0.4) is 0 Å².